The van der Waals surface area contributed by atoms with Gasteiger partial charge in [-0.2, -0.15) is 0 Å². The van der Waals surface area contributed by atoms with E-state index >= 15 is 0 Å². The Hall–Kier alpha value is -2.45. The standard InChI is InChI=1S/C14F9/c15-3-1-2-4(10(19)8(3)17)9(18)6-5(7(2)16)11(20)13(22)14(23)12(6)21. The molecule has 0 aliphatic heterocycles. The topological polar surface area (TPSA) is 0 Å². The van der Waals surface area contributed by atoms with Gasteiger partial charge in [0.1, 0.15) is 11.6 Å². The molecule has 0 amide bonds. The first-order valence-electron chi connectivity index (χ1n) is 5.70. The van der Waals surface area contributed by atoms with Gasteiger partial charge < -0.3 is 0 Å². The summed E-state index contributed by atoms with van der Waals surface area (Å²) in [6.45, 7) is 0. The highest BCUT2D eigenvalue weighted by Gasteiger charge is 2.30. The largest absolute Gasteiger partial charge is 0.205 e. The van der Waals surface area contributed by atoms with Gasteiger partial charge >= 0.3 is 0 Å². The molecule has 0 fully saturated rings. The third-order valence-corrected chi connectivity index (χ3v) is 3.23. The molecule has 0 saturated heterocycles. The Labute approximate surface area is 120 Å². The van der Waals surface area contributed by atoms with Crippen LogP contribution in [0.15, 0.2) is 0 Å². The van der Waals surface area contributed by atoms with Crippen molar-refractivity contribution >= 4 is 21.5 Å². The lowest BCUT2D eigenvalue weighted by atomic mass is 9.99. The van der Waals surface area contributed by atoms with E-state index < -0.39 is 73.9 Å². The molecule has 3 aromatic rings. The van der Waals surface area contributed by atoms with E-state index in [1.807, 2.05) is 0 Å². The third kappa shape index (κ3) is 1.82. The highest BCUT2D eigenvalue weighted by atomic mass is 19.2. The van der Waals surface area contributed by atoms with E-state index in [1.165, 1.54) is 6.07 Å². The molecule has 119 valence electrons. The van der Waals surface area contributed by atoms with Gasteiger partial charge in [0, 0.05) is 11.5 Å². The molecule has 0 nitrogen and oxygen atoms in total. The minimum Gasteiger partial charge on any atom is -0.205 e. The van der Waals surface area contributed by atoms with Crippen LogP contribution in [0.1, 0.15) is 0 Å². The fourth-order valence-electron chi connectivity index (χ4n) is 2.21. The van der Waals surface area contributed by atoms with Gasteiger partial charge in [-0.1, -0.05) is 0 Å². The Balaban J connectivity index is 2.77. The van der Waals surface area contributed by atoms with E-state index in [4.69, 9.17) is 0 Å². The van der Waals surface area contributed by atoms with Crippen molar-refractivity contribution in [3.8, 4) is 0 Å². The minimum atomic E-state index is -2.47. The molecule has 9 heteroatoms. The molecule has 0 bridgehead atoms. The van der Waals surface area contributed by atoms with Gasteiger partial charge in [-0.15, -0.1) is 0 Å². The van der Waals surface area contributed by atoms with Crippen molar-refractivity contribution < 1.29 is 39.5 Å². The summed E-state index contributed by atoms with van der Waals surface area (Å²) in [5, 5.41) is -6.52. The average molecular weight is 339 g/mol. The van der Waals surface area contributed by atoms with Crippen molar-refractivity contribution in [2.75, 3.05) is 0 Å². The third-order valence-electron chi connectivity index (χ3n) is 3.23. The lowest BCUT2D eigenvalue weighted by Crippen LogP contribution is -2.05. The molecule has 0 aromatic heterocycles. The van der Waals surface area contributed by atoms with Crippen LogP contribution in [0.3, 0.4) is 0 Å². The second kappa shape index (κ2) is 4.77. The first-order valence-corrected chi connectivity index (χ1v) is 5.70. The predicted molar refractivity (Wildman–Crippen MR) is 59.9 cm³/mol. The summed E-state index contributed by atoms with van der Waals surface area (Å²) in [7, 11) is 0. The fourth-order valence-corrected chi connectivity index (χ4v) is 2.21. The van der Waals surface area contributed by atoms with Crippen molar-refractivity contribution in [2.24, 2.45) is 0 Å². The van der Waals surface area contributed by atoms with Gasteiger partial charge in [-0.25, -0.2) is 39.5 Å². The number of hydrogen-bond acceptors (Lipinski definition) is 0. The molecule has 0 unspecified atom stereocenters. The van der Waals surface area contributed by atoms with Crippen LogP contribution in [0.4, 0.5) is 39.5 Å². The summed E-state index contributed by atoms with van der Waals surface area (Å²) < 4.78 is 122. The Morgan fingerprint density at radius 3 is 1.35 bits per heavy atom. The Kier molecular flexibility index (Phi) is 3.20. The first kappa shape index (κ1) is 15.4. The molecular weight excluding hydrogens is 339 g/mol. The van der Waals surface area contributed by atoms with Crippen LogP contribution in [-0.2, 0) is 0 Å². The van der Waals surface area contributed by atoms with E-state index in [9.17, 15) is 39.5 Å². The van der Waals surface area contributed by atoms with Crippen molar-refractivity contribution in [2.45, 2.75) is 0 Å². The van der Waals surface area contributed by atoms with Gasteiger partial charge in [-0.05, 0) is 0 Å². The van der Waals surface area contributed by atoms with Crippen molar-refractivity contribution in [3.63, 3.8) is 0 Å². The summed E-state index contributed by atoms with van der Waals surface area (Å²) in [6, 6.07) is 1.28. The normalized spacial score (nSPS) is 11.7. The van der Waals surface area contributed by atoms with Crippen LogP contribution in [0.2, 0.25) is 0 Å². The summed E-state index contributed by atoms with van der Waals surface area (Å²) in [5.41, 5.74) is 0. The van der Waals surface area contributed by atoms with Gasteiger partial charge in [0.2, 0.25) is 0 Å². The summed E-state index contributed by atoms with van der Waals surface area (Å²) in [6.07, 6.45) is 0. The van der Waals surface area contributed by atoms with Gasteiger partial charge in [0.05, 0.1) is 16.2 Å². The van der Waals surface area contributed by atoms with Gasteiger partial charge in [0.15, 0.2) is 40.7 Å². The zero-order valence-corrected chi connectivity index (χ0v) is 10.4. The van der Waals surface area contributed by atoms with Gasteiger partial charge in [-0.3, -0.25) is 0 Å². The molecule has 0 spiro atoms. The lowest BCUT2D eigenvalue weighted by Gasteiger charge is -2.11. The maximum atomic E-state index is 14.2. The van der Waals surface area contributed by atoms with Crippen molar-refractivity contribution in [3.05, 3.63) is 58.4 Å². The van der Waals surface area contributed by atoms with E-state index in [0.29, 0.717) is 0 Å². The van der Waals surface area contributed by atoms with Crippen LogP contribution >= 0.6 is 0 Å². The monoisotopic (exact) mass is 339 g/mol. The number of halogens is 9. The maximum absolute atomic E-state index is 14.2. The van der Waals surface area contributed by atoms with Crippen LogP contribution in [0.5, 0.6) is 0 Å². The van der Waals surface area contributed by atoms with Crippen LogP contribution in [-0.4, -0.2) is 0 Å². The number of hydrogen-bond donors (Lipinski definition) is 0. The van der Waals surface area contributed by atoms with E-state index in [2.05, 4.69) is 0 Å². The quantitative estimate of drug-likeness (QED) is 0.233. The predicted octanol–water partition coefficient (Wildman–Crippen LogP) is 5.05. The Bertz CT molecular complexity index is 1010. The summed E-state index contributed by atoms with van der Waals surface area (Å²) >= 11 is 0. The number of rotatable bonds is 0. The Morgan fingerprint density at radius 1 is 0.391 bits per heavy atom. The van der Waals surface area contributed by atoms with Crippen molar-refractivity contribution in [1.82, 2.24) is 0 Å². The minimum absolute atomic E-state index is 1.28. The SMILES string of the molecule is Fc1[c]c2c(F)c3c(F)c(F)c(F)c(F)c3c(F)c2c(F)c1F. The van der Waals surface area contributed by atoms with Gasteiger partial charge in [0.25, 0.3) is 0 Å². The molecule has 0 saturated carbocycles. The second-order valence-corrected chi connectivity index (χ2v) is 4.45. The summed E-state index contributed by atoms with van der Waals surface area (Å²) in [4.78, 5) is 0. The van der Waals surface area contributed by atoms with E-state index in [-0.39, 0.29) is 0 Å². The summed E-state index contributed by atoms with van der Waals surface area (Å²) in [5.74, 6) is -20.3. The van der Waals surface area contributed by atoms with Crippen LogP contribution < -0.4 is 0 Å². The molecule has 3 rings (SSSR count). The molecule has 0 aliphatic rings. The van der Waals surface area contributed by atoms with Crippen LogP contribution in [0, 0.1) is 58.4 Å². The second-order valence-electron chi connectivity index (χ2n) is 4.45. The number of fused-ring (bicyclic) bond motifs is 2. The molecular formula is C14F9. The van der Waals surface area contributed by atoms with Crippen molar-refractivity contribution in [1.29, 1.82) is 0 Å². The number of benzene rings is 3. The zero-order valence-electron chi connectivity index (χ0n) is 10.4. The fraction of sp³-hybridized carbons (Fsp3) is 0. The van der Waals surface area contributed by atoms with Crippen LogP contribution in [0.25, 0.3) is 21.5 Å². The first-order chi connectivity index (χ1) is 10.7. The molecule has 0 atom stereocenters. The molecule has 0 aliphatic carbocycles. The highest BCUT2D eigenvalue weighted by Crippen LogP contribution is 2.37. The average Bonchev–Trinajstić information content (AvgIpc) is 2.51. The smallest absolute Gasteiger partial charge is 0.198 e. The molecule has 0 N–H and O–H groups in total. The van der Waals surface area contributed by atoms with E-state index in [0.717, 1.165) is 0 Å². The molecule has 1 radical (unpaired) electrons. The molecule has 3 aromatic carbocycles. The highest BCUT2D eigenvalue weighted by molar-refractivity contribution is 6.00. The lowest BCUT2D eigenvalue weighted by molar-refractivity contribution is 0.414. The van der Waals surface area contributed by atoms with E-state index in [1.54, 1.807) is 0 Å². The Morgan fingerprint density at radius 2 is 0.826 bits per heavy atom. The molecule has 23 heavy (non-hydrogen) atoms. The molecule has 0 heterocycles. The maximum Gasteiger partial charge on any atom is 0.198 e. The zero-order chi connectivity index (χ0) is 17.2.